The van der Waals surface area contributed by atoms with Gasteiger partial charge in [0, 0.05) is 44.5 Å². The number of para-hydroxylation sites is 3. The fourth-order valence-corrected chi connectivity index (χ4v) is 9.32. The number of benzene rings is 6. The van der Waals surface area contributed by atoms with Crippen LogP contribution in [-0.4, -0.2) is 6.85 Å². The van der Waals surface area contributed by atoms with Crippen LogP contribution in [0.15, 0.2) is 132 Å². The minimum absolute atomic E-state index is 0.0122. The van der Waals surface area contributed by atoms with Crippen LogP contribution in [0.5, 0.6) is 0 Å². The normalized spacial score (nSPS) is 15.2. The molecule has 4 heteroatoms. The van der Waals surface area contributed by atoms with E-state index in [1.165, 1.54) is 72.5 Å². The summed E-state index contributed by atoms with van der Waals surface area (Å²) in [6, 6.07) is 47.6. The molecule has 6 aromatic carbocycles. The van der Waals surface area contributed by atoms with Gasteiger partial charge in [-0.15, -0.1) is 0 Å². The lowest BCUT2D eigenvalue weighted by Crippen LogP contribution is -2.62. The summed E-state index contributed by atoms with van der Waals surface area (Å²) in [5.41, 5.74) is 18.4. The molecule has 4 heterocycles. The molecule has 53 heavy (non-hydrogen) atoms. The molecule has 0 fully saturated rings. The van der Waals surface area contributed by atoms with Crippen molar-refractivity contribution >= 4 is 57.4 Å². The van der Waals surface area contributed by atoms with E-state index >= 15 is 0 Å². The van der Waals surface area contributed by atoms with Crippen molar-refractivity contribution in [2.75, 3.05) is 9.71 Å². The predicted octanol–water partition coefficient (Wildman–Crippen LogP) is 12.0. The standard InChI is InChI=1S/C49H45BN2O/c1-47(2,3)31-25-26-39(35(27-31)30-17-10-9-11-18-30)51-41-29-32(48(4,5)6)28-36-33-20-16-22-38-45(33)52(40-23-14-13-21-37(40)49(38,7)8)50(43(36)41)44-34-19-12-15-24-42(34)53-46(44)51/h9-29H,1-8H3. The van der Waals surface area contributed by atoms with Gasteiger partial charge in [0.05, 0.1) is 5.69 Å². The van der Waals surface area contributed by atoms with Crippen LogP contribution < -0.4 is 20.6 Å². The van der Waals surface area contributed by atoms with E-state index < -0.39 is 0 Å². The highest BCUT2D eigenvalue weighted by molar-refractivity contribution is 6.95. The highest BCUT2D eigenvalue weighted by atomic mass is 16.4. The average molecular weight is 689 g/mol. The van der Waals surface area contributed by atoms with Crippen LogP contribution in [0.4, 0.5) is 28.6 Å². The second-order valence-electron chi connectivity index (χ2n) is 17.8. The lowest BCUT2D eigenvalue weighted by atomic mass is 9.42. The van der Waals surface area contributed by atoms with Gasteiger partial charge in [-0.25, -0.2) is 0 Å². The average Bonchev–Trinajstić information content (AvgIpc) is 3.53. The monoisotopic (exact) mass is 688 g/mol. The van der Waals surface area contributed by atoms with Crippen molar-refractivity contribution in [3.05, 3.63) is 150 Å². The molecule has 10 rings (SSSR count). The SMILES string of the molecule is CC(C)(C)c1ccc(N2c3cc(C(C)(C)C)cc4c3B(c3c2oc2ccccc32)N2c3ccccc3C(C)(C)c3cccc-4c32)c(-c2ccccc2)c1. The zero-order chi connectivity index (χ0) is 36.6. The molecule has 7 aromatic rings. The molecule has 0 atom stereocenters. The molecular formula is C49H45BN2O. The lowest BCUT2D eigenvalue weighted by molar-refractivity contribution is 0.589. The van der Waals surface area contributed by atoms with Gasteiger partial charge in [-0.2, -0.15) is 0 Å². The van der Waals surface area contributed by atoms with Gasteiger partial charge in [-0.1, -0.05) is 152 Å². The lowest BCUT2D eigenvalue weighted by Gasteiger charge is -2.50. The van der Waals surface area contributed by atoms with Gasteiger partial charge < -0.3 is 9.23 Å². The molecule has 3 nitrogen and oxygen atoms in total. The van der Waals surface area contributed by atoms with Crippen molar-refractivity contribution in [3.63, 3.8) is 0 Å². The Labute approximate surface area is 314 Å². The third kappa shape index (κ3) is 4.48. The molecule has 0 saturated heterocycles. The Balaban J connectivity index is 1.38. The molecule has 0 unspecified atom stereocenters. The van der Waals surface area contributed by atoms with E-state index in [4.69, 9.17) is 4.42 Å². The predicted molar refractivity (Wildman–Crippen MR) is 225 cm³/mol. The van der Waals surface area contributed by atoms with Gasteiger partial charge in [-0.05, 0) is 80.0 Å². The second kappa shape index (κ2) is 10.8. The fourth-order valence-electron chi connectivity index (χ4n) is 9.32. The minimum atomic E-state index is -0.165. The van der Waals surface area contributed by atoms with Crippen molar-refractivity contribution in [1.29, 1.82) is 0 Å². The van der Waals surface area contributed by atoms with Gasteiger partial charge in [0.1, 0.15) is 5.58 Å². The van der Waals surface area contributed by atoms with E-state index in [1.54, 1.807) is 0 Å². The van der Waals surface area contributed by atoms with E-state index in [1.807, 2.05) is 0 Å². The van der Waals surface area contributed by atoms with E-state index in [0.717, 1.165) is 22.5 Å². The fraction of sp³-hybridized carbons (Fsp3) is 0.224. The first-order chi connectivity index (χ1) is 25.3. The minimum Gasteiger partial charge on any atom is -0.440 e. The number of hydrogen-bond donors (Lipinski definition) is 0. The summed E-state index contributed by atoms with van der Waals surface area (Å²) in [5, 5.41) is 1.16. The van der Waals surface area contributed by atoms with Crippen LogP contribution in [0.1, 0.15) is 77.6 Å². The molecule has 3 aliphatic rings. The van der Waals surface area contributed by atoms with Crippen molar-refractivity contribution < 1.29 is 4.42 Å². The molecule has 0 bridgehead atoms. The van der Waals surface area contributed by atoms with E-state index in [-0.39, 0.29) is 23.1 Å². The Morgan fingerprint density at radius 2 is 1.23 bits per heavy atom. The van der Waals surface area contributed by atoms with Crippen LogP contribution in [0.2, 0.25) is 0 Å². The highest BCUT2D eigenvalue weighted by Crippen LogP contribution is 2.57. The number of hydrogen-bond acceptors (Lipinski definition) is 3. The maximum absolute atomic E-state index is 7.18. The van der Waals surface area contributed by atoms with Crippen LogP contribution in [0.3, 0.4) is 0 Å². The molecule has 0 aliphatic carbocycles. The Bertz CT molecular complexity index is 2640. The van der Waals surface area contributed by atoms with E-state index in [2.05, 4.69) is 192 Å². The Morgan fingerprint density at radius 1 is 0.547 bits per heavy atom. The number of anilines is 5. The molecule has 1 aromatic heterocycles. The summed E-state index contributed by atoms with van der Waals surface area (Å²) < 4.78 is 7.18. The third-order valence-electron chi connectivity index (χ3n) is 12.2. The zero-order valence-corrected chi connectivity index (χ0v) is 32.0. The number of rotatable bonds is 2. The van der Waals surface area contributed by atoms with Gasteiger partial charge in [-0.3, -0.25) is 4.90 Å². The maximum Gasteiger partial charge on any atom is 0.337 e. The summed E-state index contributed by atoms with van der Waals surface area (Å²) in [5.74, 6) is 0.893. The van der Waals surface area contributed by atoms with Crippen LogP contribution in [-0.2, 0) is 16.2 Å². The summed E-state index contributed by atoms with van der Waals surface area (Å²) in [6.45, 7) is 18.6. The van der Waals surface area contributed by atoms with Gasteiger partial charge in [0.2, 0.25) is 5.88 Å². The van der Waals surface area contributed by atoms with Crippen molar-refractivity contribution in [1.82, 2.24) is 0 Å². The van der Waals surface area contributed by atoms with Crippen molar-refractivity contribution in [2.45, 2.75) is 71.6 Å². The highest BCUT2D eigenvalue weighted by Gasteiger charge is 2.52. The third-order valence-corrected chi connectivity index (χ3v) is 12.2. The number of furan rings is 1. The molecular weight excluding hydrogens is 643 g/mol. The summed E-state index contributed by atoms with van der Waals surface area (Å²) >= 11 is 0. The van der Waals surface area contributed by atoms with E-state index in [0.29, 0.717) is 0 Å². The molecule has 0 saturated carbocycles. The van der Waals surface area contributed by atoms with E-state index in [9.17, 15) is 0 Å². The molecule has 0 N–H and O–H groups in total. The summed E-state index contributed by atoms with van der Waals surface area (Å²) in [4.78, 5) is 5.12. The van der Waals surface area contributed by atoms with Gasteiger partial charge >= 0.3 is 6.85 Å². The molecule has 0 spiro atoms. The summed E-state index contributed by atoms with van der Waals surface area (Å²) in [6.07, 6.45) is 0. The topological polar surface area (TPSA) is 19.6 Å². The Hall–Kier alpha value is -5.48. The second-order valence-corrected chi connectivity index (χ2v) is 17.8. The summed E-state index contributed by atoms with van der Waals surface area (Å²) in [7, 11) is 0. The van der Waals surface area contributed by atoms with Crippen LogP contribution >= 0.6 is 0 Å². The number of nitrogens with zero attached hydrogens (tertiary/aromatic N) is 2. The zero-order valence-electron chi connectivity index (χ0n) is 32.0. The first-order valence-corrected chi connectivity index (χ1v) is 19.1. The van der Waals surface area contributed by atoms with Gasteiger partial charge in [0.25, 0.3) is 0 Å². The first-order valence-electron chi connectivity index (χ1n) is 19.1. The van der Waals surface area contributed by atoms with Crippen LogP contribution in [0.25, 0.3) is 33.2 Å². The smallest absolute Gasteiger partial charge is 0.337 e. The largest absolute Gasteiger partial charge is 0.440 e. The van der Waals surface area contributed by atoms with Crippen LogP contribution in [0, 0.1) is 0 Å². The number of fused-ring (bicyclic) bond motifs is 8. The molecule has 3 aliphatic heterocycles. The van der Waals surface area contributed by atoms with Gasteiger partial charge in [0.15, 0.2) is 0 Å². The van der Waals surface area contributed by atoms with Crippen molar-refractivity contribution in [3.8, 4) is 22.3 Å². The maximum atomic E-state index is 7.18. The molecule has 260 valence electrons. The first kappa shape index (κ1) is 32.2. The molecule has 0 amide bonds. The Kier molecular flexibility index (Phi) is 6.56. The molecule has 0 radical (unpaired) electrons. The quantitative estimate of drug-likeness (QED) is 0.169. The van der Waals surface area contributed by atoms with Crippen molar-refractivity contribution in [2.24, 2.45) is 0 Å². The Morgan fingerprint density at radius 3 is 2.00 bits per heavy atom.